The number of anilines is 1. The van der Waals surface area contributed by atoms with Gasteiger partial charge < -0.3 is 10.1 Å². The molecule has 0 fully saturated rings. The standard InChI is InChI=1S/C23H20N4O/c1-4-8-22-17(5-1)14-18(15-28-22)25-23-20-7-3-2-6-19(20)21(26-27-23)13-16-9-11-24-12-10-16/h1-12,18H,13-15H2,(H,25,27). The van der Waals surface area contributed by atoms with Gasteiger partial charge in [0.1, 0.15) is 12.4 Å². The van der Waals surface area contributed by atoms with Crippen LogP contribution in [0.5, 0.6) is 5.75 Å². The molecule has 1 N–H and O–H groups in total. The van der Waals surface area contributed by atoms with Gasteiger partial charge in [-0.2, -0.15) is 5.10 Å². The van der Waals surface area contributed by atoms with Crippen molar-refractivity contribution in [2.24, 2.45) is 0 Å². The van der Waals surface area contributed by atoms with E-state index in [1.165, 1.54) is 11.1 Å². The van der Waals surface area contributed by atoms with E-state index in [4.69, 9.17) is 4.74 Å². The van der Waals surface area contributed by atoms with Crippen LogP contribution in [0.1, 0.15) is 16.8 Å². The van der Waals surface area contributed by atoms with Crippen molar-refractivity contribution in [2.75, 3.05) is 11.9 Å². The van der Waals surface area contributed by atoms with Crippen LogP contribution >= 0.6 is 0 Å². The first-order chi connectivity index (χ1) is 13.9. The Morgan fingerprint density at radius 2 is 1.68 bits per heavy atom. The second kappa shape index (κ2) is 7.27. The van der Waals surface area contributed by atoms with Gasteiger partial charge in [-0.25, -0.2) is 0 Å². The highest BCUT2D eigenvalue weighted by atomic mass is 16.5. The highest BCUT2D eigenvalue weighted by Crippen LogP contribution is 2.28. The predicted octanol–water partition coefficient (Wildman–Crippen LogP) is 4.03. The quantitative estimate of drug-likeness (QED) is 0.589. The van der Waals surface area contributed by atoms with E-state index in [0.29, 0.717) is 6.61 Å². The summed E-state index contributed by atoms with van der Waals surface area (Å²) in [6.45, 7) is 0.617. The monoisotopic (exact) mass is 368 g/mol. The number of nitrogens with zero attached hydrogens (tertiary/aromatic N) is 3. The van der Waals surface area contributed by atoms with Gasteiger partial charge >= 0.3 is 0 Å². The van der Waals surface area contributed by atoms with Gasteiger partial charge in [-0.05, 0) is 35.7 Å². The fraction of sp³-hybridized carbons (Fsp3) is 0.174. The van der Waals surface area contributed by atoms with Crippen LogP contribution in [0, 0.1) is 0 Å². The van der Waals surface area contributed by atoms with E-state index < -0.39 is 0 Å². The van der Waals surface area contributed by atoms with Crippen molar-refractivity contribution in [3.8, 4) is 5.75 Å². The van der Waals surface area contributed by atoms with E-state index in [0.717, 1.165) is 40.9 Å². The third-order valence-corrected chi connectivity index (χ3v) is 5.10. The van der Waals surface area contributed by atoms with Crippen molar-refractivity contribution >= 4 is 16.6 Å². The number of rotatable bonds is 4. The van der Waals surface area contributed by atoms with E-state index >= 15 is 0 Å². The molecule has 1 atom stereocenters. The summed E-state index contributed by atoms with van der Waals surface area (Å²) >= 11 is 0. The van der Waals surface area contributed by atoms with Gasteiger partial charge in [-0.15, -0.1) is 5.10 Å². The summed E-state index contributed by atoms with van der Waals surface area (Å²) in [7, 11) is 0. The van der Waals surface area contributed by atoms with E-state index in [-0.39, 0.29) is 6.04 Å². The van der Waals surface area contributed by atoms with Crippen LogP contribution in [0.2, 0.25) is 0 Å². The number of hydrogen-bond acceptors (Lipinski definition) is 5. The predicted molar refractivity (Wildman–Crippen MR) is 110 cm³/mol. The Morgan fingerprint density at radius 1 is 0.893 bits per heavy atom. The number of aromatic nitrogens is 3. The van der Waals surface area contributed by atoms with Crippen molar-refractivity contribution in [1.82, 2.24) is 15.2 Å². The van der Waals surface area contributed by atoms with Gasteiger partial charge in [0.15, 0.2) is 5.82 Å². The molecule has 5 rings (SSSR count). The molecule has 3 heterocycles. The minimum absolute atomic E-state index is 0.165. The lowest BCUT2D eigenvalue weighted by molar-refractivity contribution is 0.272. The zero-order valence-corrected chi connectivity index (χ0v) is 15.4. The van der Waals surface area contributed by atoms with Gasteiger partial charge in [0.05, 0.1) is 11.7 Å². The van der Waals surface area contributed by atoms with Crippen LogP contribution in [0.15, 0.2) is 73.1 Å². The first kappa shape index (κ1) is 16.7. The van der Waals surface area contributed by atoms with Crippen LogP contribution in [0.4, 0.5) is 5.82 Å². The maximum Gasteiger partial charge on any atom is 0.156 e. The maximum atomic E-state index is 5.91. The number of fused-ring (bicyclic) bond motifs is 2. The molecule has 28 heavy (non-hydrogen) atoms. The van der Waals surface area contributed by atoms with E-state index in [1.54, 1.807) is 0 Å². The smallest absolute Gasteiger partial charge is 0.156 e. The fourth-order valence-corrected chi connectivity index (χ4v) is 3.70. The summed E-state index contributed by atoms with van der Waals surface area (Å²) in [5.74, 6) is 1.78. The van der Waals surface area contributed by atoms with Gasteiger partial charge in [-0.3, -0.25) is 4.98 Å². The van der Waals surface area contributed by atoms with Crippen molar-refractivity contribution in [2.45, 2.75) is 18.9 Å². The Hall–Kier alpha value is -3.47. The molecule has 2 aromatic carbocycles. The Balaban J connectivity index is 1.44. The molecule has 1 unspecified atom stereocenters. The molecule has 0 amide bonds. The summed E-state index contributed by atoms with van der Waals surface area (Å²) in [4.78, 5) is 4.09. The largest absolute Gasteiger partial charge is 0.491 e. The Bertz CT molecular complexity index is 1110. The number of hydrogen-bond donors (Lipinski definition) is 1. The molecule has 5 nitrogen and oxygen atoms in total. The first-order valence-electron chi connectivity index (χ1n) is 9.47. The maximum absolute atomic E-state index is 5.91. The molecule has 0 saturated carbocycles. The van der Waals surface area contributed by atoms with Gasteiger partial charge in [0.2, 0.25) is 0 Å². The number of para-hydroxylation sites is 1. The Morgan fingerprint density at radius 3 is 2.57 bits per heavy atom. The van der Waals surface area contributed by atoms with Crippen LogP contribution in [0.25, 0.3) is 10.8 Å². The average Bonchev–Trinajstić information content (AvgIpc) is 2.76. The molecule has 138 valence electrons. The zero-order valence-electron chi connectivity index (χ0n) is 15.4. The average molecular weight is 368 g/mol. The third-order valence-electron chi connectivity index (χ3n) is 5.10. The summed E-state index contributed by atoms with van der Waals surface area (Å²) in [5.41, 5.74) is 3.36. The van der Waals surface area contributed by atoms with Gasteiger partial charge in [-0.1, -0.05) is 42.5 Å². The number of pyridine rings is 1. The molecule has 5 heteroatoms. The van der Waals surface area contributed by atoms with E-state index in [9.17, 15) is 0 Å². The summed E-state index contributed by atoms with van der Waals surface area (Å²) in [6, 6.07) is 20.7. The van der Waals surface area contributed by atoms with Crippen LogP contribution in [0.3, 0.4) is 0 Å². The molecule has 1 aliphatic heterocycles. The molecule has 4 aromatic rings. The lowest BCUT2D eigenvalue weighted by Gasteiger charge is -2.26. The van der Waals surface area contributed by atoms with Crippen molar-refractivity contribution < 1.29 is 4.74 Å². The summed E-state index contributed by atoms with van der Waals surface area (Å²) in [5, 5.41) is 14.8. The minimum atomic E-state index is 0.165. The van der Waals surface area contributed by atoms with Gasteiger partial charge in [0.25, 0.3) is 0 Å². The SMILES string of the molecule is c1ccc2c(c1)CC(Nc1nnc(Cc3ccncc3)c3ccccc13)CO2. The second-order valence-corrected chi connectivity index (χ2v) is 7.04. The van der Waals surface area contributed by atoms with Crippen LogP contribution in [-0.2, 0) is 12.8 Å². The normalized spacial score (nSPS) is 15.6. The molecular weight excluding hydrogens is 348 g/mol. The van der Waals surface area contributed by atoms with Crippen molar-refractivity contribution in [1.29, 1.82) is 0 Å². The van der Waals surface area contributed by atoms with Gasteiger partial charge in [0, 0.05) is 29.6 Å². The number of nitrogens with one attached hydrogen (secondary N) is 1. The van der Waals surface area contributed by atoms with Crippen LogP contribution in [-0.4, -0.2) is 27.8 Å². The highest BCUT2D eigenvalue weighted by Gasteiger charge is 2.21. The molecule has 1 aliphatic rings. The molecule has 0 bridgehead atoms. The summed E-state index contributed by atoms with van der Waals surface area (Å²) in [6.07, 6.45) is 5.25. The fourth-order valence-electron chi connectivity index (χ4n) is 3.70. The first-order valence-corrected chi connectivity index (χ1v) is 9.47. The van der Waals surface area contributed by atoms with Crippen molar-refractivity contribution in [3.05, 3.63) is 89.9 Å². The highest BCUT2D eigenvalue weighted by molar-refractivity contribution is 5.93. The lowest BCUT2D eigenvalue weighted by atomic mass is 10.0. The third kappa shape index (κ3) is 3.27. The molecule has 0 spiro atoms. The molecule has 0 radical (unpaired) electrons. The van der Waals surface area contributed by atoms with E-state index in [1.807, 2.05) is 54.9 Å². The molecular formula is C23H20N4O. The van der Waals surface area contributed by atoms with E-state index in [2.05, 4.69) is 38.7 Å². The lowest BCUT2D eigenvalue weighted by Crippen LogP contribution is -2.33. The zero-order chi connectivity index (χ0) is 18.8. The molecule has 0 saturated heterocycles. The minimum Gasteiger partial charge on any atom is -0.491 e. The molecule has 2 aromatic heterocycles. The Kier molecular flexibility index (Phi) is 4.33. The Labute approximate surface area is 163 Å². The number of ether oxygens (including phenoxy) is 1. The molecule has 0 aliphatic carbocycles. The van der Waals surface area contributed by atoms with Crippen LogP contribution < -0.4 is 10.1 Å². The summed E-state index contributed by atoms with van der Waals surface area (Å²) < 4.78 is 5.91. The number of benzene rings is 2. The second-order valence-electron chi connectivity index (χ2n) is 7.04. The topological polar surface area (TPSA) is 59.9 Å². The van der Waals surface area contributed by atoms with Crippen molar-refractivity contribution in [3.63, 3.8) is 0 Å².